The molecular formula is C19H20O3. The molecule has 0 fully saturated rings. The number of hydrogen-bond donors (Lipinski definition) is 0. The quantitative estimate of drug-likeness (QED) is 0.332. The molecule has 0 aliphatic carbocycles. The van der Waals surface area contributed by atoms with Crippen LogP contribution in [0.2, 0.25) is 0 Å². The van der Waals surface area contributed by atoms with Gasteiger partial charge in [-0.1, -0.05) is 55.1 Å². The molecule has 2 rings (SSSR count). The zero-order valence-corrected chi connectivity index (χ0v) is 12.7. The number of hydrogen-bond acceptors (Lipinski definition) is 3. The molecule has 0 spiro atoms. The molecule has 2 aromatic rings. The average molecular weight is 296 g/mol. The number of ether oxygens (including phenoxy) is 2. The fraction of sp³-hybridized carbons (Fsp3) is 0.211. The molecule has 0 aliphatic rings. The van der Waals surface area contributed by atoms with Crippen molar-refractivity contribution < 1.29 is 14.3 Å². The molecule has 0 unspecified atom stereocenters. The molecule has 0 bridgehead atoms. The predicted molar refractivity (Wildman–Crippen MR) is 87.8 cm³/mol. The molecule has 0 aliphatic heterocycles. The second kappa shape index (κ2) is 8.15. The third-order valence-corrected chi connectivity index (χ3v) is 3.22. The smallest absolute Gasteiger partial charge is 0.338 e. The Hall–Kier alpha value is -2.39. The van der Waals surface area contributed by atoms with Gasteiger partial charge < -0.3 is 9.47 Å². The number of carbonyl (C=O) groups is 1. The topological polar surface area (TPSA) is 35.5 Å². The highest BCUT2D eigenvalue weighted by Crippen LogP contribution is 2.30. The third kappa shape index (κ3) is 4.30. The summed E-state index contributed by atoms with van der Waals surface area (Å²) in [5.41, 5.74) is 2.30. The van der Waals surface area contributed by atoms with E-state index in [2.05, 4.69) is 6.58 Å². The largest absolute Gasteiger partial charge is 0.423 e. The summed E-state index contributed by atoms with van der Waals surface area (Å²) in [5, 5.41) is 0. The van der Waals surface area contributed by atoms with Gasteiger partial charge in [0.05, 0.1) is 6.61 Å². The van der Waals surface area contributed by atoms with Gasteiger partial charge in [0.15, 0.2) is 0 Å². The summed E-state index contributed by atoms with van der Waals surface area (Å²) in [5.74, 6) is 0.124. The van der Waals surface area contributed by atoms with Gasteiger partial charge in [-0.05, 0) is 18.6 Å². The number of carbonyl (C=O) groups excluding carboxylic acids is 1. The summed E-state index contributed by atoms with van der Waals surface area (Å²) in [7, 11) is 0. The van der Waals surface area contributed by atoms with E-state index in [1.165, 1.54) is 0 Å². The fourth-order valence-corrected chi connectivity index (χ4v) is 2.03. The molecule has 22 heavy (non-hydrogen) atoms. The predicted octanol–water partition coefficient (Wildman–Crippen LogP) is 4.24. The number of esters is 1. The summed E-state index contributed by atoms with van der Waals surface area (Å²) >= 11 is 0. The summed E-state index contributed by atoms with van der Waals surface area (Å²) < 4.78 is 10.7. The maximum absolute atomic E-state index is 12.1. The molecule has 0 heterocycles. The van der Waals surface area contributed by atoms with E-state index < -0.39 is 5.97 Å². The van der Waals surface area contributed by atoms with Crippen molar-refractivity contribution in [2.45, 2.75) is 13.3 Å². The molecule has 0 aromatic heterocycles. The normalized spacial score (nSPS) is 10.2. The molecule has 0 saturated heterocycles. The summed E-state index contributed by atoms with van der Waals surface area (Å²) in [6.07, 6.45) is 0.472. The van der Waals surface area contributed by atoms with E-state index >= 15 is 0 Å². The van der Waals surface area contributed by atoms with Crippen LogP contribution in [0.4, 0.5) is 0 Å². The Labute approximate surface area is 131 Å². The molecule has 3 heteroatoms. The molecule has 0 N–H and O–H groups in total. The number of rotatable bonds is 7. The second-order valence-electron chi connectivity index (χ2n) is 4.80. The van der Waals surface area contributed by atoms with Crippen LogP contribution in [0.15, 0.2) is 66.7 Å². The van der Waals surface area contributed by atoms with Crippen molar-refractivity contribution in [2.24, 2.45) is 0 Å². The fourth-order valence-electron chi connectivity index (χ4n) is 2.03. The standard InChI is InChI=1S/C19H20O3/c1-3-21-14-13-15(2)19(20)22-18-12-8-7-11-17(18)16-9-5-4-6-10-16/h4-12H,2-3,13-14H2,1H3. The van der Waals surface area contributed by atoms with Crippen LogP contribution in [0.3, 0.4) is 0 Å². The Balaban J connectivity index is 2.10. The Morgan fingerprint density at radius 2 is 1.73 bits per heavy atom. The lowest BCUT2D eigenvalue weighted by molar-refractivity contribution is -0.130. The van der Waals surface area contributed by atoms with Crippen molar-refractivity contribution in [2.75, 3.05) is 13.2 Å². The van der Waals surface area contributed by atoms with Gasteiger partial charge in [0, 0.05) is 24.2 Å². The molecule has 0 saturated carbocycles. The van der Waals surface area contributed by atoms with Gasteiger partial charge in [0.25, 0.3) is 0 Å². The summed E-state index contributed by atoms with van der Waals surface area (Å²) in [4.78, 5) is 12.1. The third-order valence-electron chi connectivity index (χ3n) is 3.22. The first-order valence-electron chi connectivity index (χ1n) is 7.34. The van der Waals surface area contributed by atoms with Crippen molar-refractivity contribution in [1.29, 1.82) is 0 Å². The minimum Gasteiger partial charge on any atom is -0.423 e. The zero-order chi connectivity index (χ0) is 15.8. The molecule has 0 atom stereocenters. The van der Waals surface area contributed by atoms with Crippen LogP contribution in [0.25, 0.3) is 11.1 Å². The van der Waals surface area contributed by atoms with Crippen LogP contribution >= 0.6 is 0 Å². The maximum Gasteiger partial charge on any atom is 0.338 e. The van der Waals surface area contributed by atoms with Crippen LogP contribution < -0.4 is 4.74 Å². The van der Waals surface area contributed by atoms with Gasteiger partial charge in [-0.3, -0.25) is 0 Å². The average Bonchev–Trinajstić information content (AvgIpc) is 2.56. The van der Waals surface area contributed by atoms with Gasteiger partial charge in [-0.2, -0.15) is 0 Å². The van der Waals surface area contributed by atoms with E-state index in [1.54, 1.807) is 6.07 Å². The van der Waals surface area contributed by atoms with Gasteiger partial charge in [-0.25, -0.2) is 4.79 Å². The van der Waals surface area contributed by atoms with Crippen LogP contribution in [0.5, 0.6) is 5.75 Å². The van der Waals surface area contributed by atoms with Gasteiger partial charge in [0.1, 0.15) is 5.75 Å². The monoisotopic (exact) mass is 296 g/mol. The summed E-state index contributed by atoms with van der Waals surface area (Å²) in [6, 6.07) is 17.3. The van der Waals surface area contributed by atoms with E-state index in [4.69, 9.17) is 9.47 Å². The lowest BCUT2D eigenvalue weighted by Crippen LogP contribution is -2.12. The van der Waals surface area contributed by atoms with E-state index in [9.17, 15) is 4.79 Å². The molecule has 0 radical (unpaired) electrons. The first-order valence-corrected chi connectivity index (χ1v) is 7.34. The van der Waals surface area contributed by atoms with Gasteiger partial charge >= 0.3 is 5.97 Å². The first kappa shape index (κ1) is 16.0. The molecule has 114 valence electrons. The molecular weight excluding hydrogens is 276 g/mol. The van der Waals surface area contributed by atoms with E-state index in [1.807, 2.05) is 55.5 Å². The SMILES string of the molecule is C=C(CCOCC)C(=O)Oc1ccccc1-c1ccccc1. The maximum atomic E-state index is 12.1. The molecule has 3 nitrogen and oxygen atoms in total. The van der Waals surface area contributed by atoms with E-state index in [0.717, 1.165) is 11.1 Å². The van der Waals surface area contributed by atoms with Crippen molar-refractivity contribution >= 4 is 5.97 Å². The van der Waals surface area contributed by atoms with Crippen molar-refractivity contribution in [3.05, 3.63) is 66.7 Å². The van der Waals surface area contributed by atoms with Crippen LogP contribution in [0, 0.1) is 0 Å². The number of benzene rings is 2. The van der Waals surface area contributed by atoms with Crippen LogP contribution in [-0.2, 0) is 9.53 Å². The lowest BCUT2D eigenvalue weighted by Gasteiger charge is -2.11. The van der Waals surface area contributed by atoms with Gasteiger partial charge in [0.2, 0.25) is 0 Å². The van der Waals surface area contributed by atoms with Crippen molar-refractivity contribution in [1.82, 2.24) is 0 Å². The Kier molecular flexibility index (Phi) is 5.92. The van der Waals surface area contributed by atoms with E-state index in [-0.39, 0.29) is 0 Å². The minimum absolute atomic E-state index is 0.413. The Bertz CT molecular complexity index is 632. The highest BCUT2D eigenvalue weighted by molar-refractivity contribution is 5.90. The van der Waals surface area contributed by atoms with Crippen molar-refractivity contribution in [3.8, 4) is 16.9 Å². The highest BCUT2D eigenvalue weighted by atomic mass is 16.5. The first-order chi connectivity index (χ1) is 10.7. The highest BCUT2D eigenvalue weighted by Gasteiger charge is 2.13. The Morgan fingerprint density at radius 1 is 1.05 bits per heavy atom. The van der Waals surface area contributed by atoms with E-state index in [0.29, 0.717) is 31.0 Å². The molecule has 0 amide bonds. The second-order valence-corrected chi connectivity index (χ2v) is 4.80. The van der Waals surface area contributed by atoms with Crippen LogP contribution in [-0.4, -0.2) is 19.2 Å². The minimum atomic E-state index is -0.414. The van der Waals surface area contributed by atoms with Crippen LogP contribution in [0.1, 0.15) is 13.3 Å². The van der Waals surface area contributed by atoms with Gasteiger partial charge in [-0.15, -0.1) is 0 Å². The molecule has 2 aromatic carbocycles. The Morgan fingerprint density at radius 3 is 2.45 bits per heavy atom. The zero-order valence-electron chi connectivity index (χ0n) is 12.7. The van der Waals surface area contributed by atoms with Crippen molar-refractivity contribution in [3.63, 3.8) is 0 Å². The lowest BCUT2D eigenvalue weighted by atomic mass is 10.0. The number of para-hydroxylation sites is 1. The summed E-state index contributed by atoms with van der Waals surface area (Å²) in [6.45, 7) is 6.79.